The molecule has 8 heteroatoms. The zero-order valence-corrected chi connectivity index (χ0v) is 10.9. The van der Waals surface area contributed by atoms with Crippen LogP contribution in [-0.4, -0.2) is 20.5 Å². The molecule has 4 N–H and O–H groups in total. The van der Waals surface area contributed by atoms with E-state index in [1.54, 1.807) is 0 Å². The fourth-order valence-corrected chi connectivity index (χ4v) is 2.67. The number of nitrogen functional groups attached to an aromatic ring is 1. The first kappa shape index (κ1) is 13.0. The lowest BCUT2D eigenvalue weighted by Crippen LogP contribution is -2.40. The molecule has 0 radical (unpaired) electrons. The van der Waals surface area contributed by atoms with E-state index in [4.69, 9.17) is 17.3 Å². The maximum atomic E-state index is 11.9. The molecule has 2 rings (SSSR count). The number of hydrogen-bond donors (Lipinski definition) is 3. The molecule has 0 atom stereocenters. The molecule has 1 aromatic rings. The molecule has 0 unspecified atom stereocenters. The number of rotatable bonds is 3. The summed E-state index contributed by atoms with van der Waals surface area (Å²) < 4.78 is 25.7. The van der Waals surface area contributed by atoms with Crippen molar-refractivity contribution in [3.8, 4) is 0 Å². The number of anilines is 1. The van der Waals surface area contributed by atoms with Crippen LogP contribution in [0, 0.1) is 0 Å². The summed E-state index contributed by atoms with van der Waals surface area (Å²) in [6.07, 6.45) is 1.74. The minimum Gasteiger partial charge on any atom is -0.398 e. The second-order valence-electron chi connectivity index (χ2n) is 4.04. The van der Waals surface area contributed by atoms with Gasteiger partial charge in [-0.15, -0.1) is 0 Å². The van der Waals surface area contributed by atoms with Crippen molar-refractivity contribution in [1.29, 1.82) is 0 Å². The van der Waals surface area contributed by atoms with Gasteiger partial charge in [0, 0.05) is 11.1 Å². The molecule has 0 aliphatic heterocycles. The molecular formula is C10H12ClN3O3S. The second kappa shape index (κ2) is 4.66. The maximum Gasteiger partial charge on any atom is 0.328 e. The fourth-order valence-electron chi connectivity index (χ4n) is 1.36. The first-order valence-electron chi connectivity index (χ1n) is 5.27. The number of nitrogens with one attached hydrogen (secondary N) is 2. The predicted octanol–water partition coefficient (Wildman–Crippen LogP) is 1.07. The number of carbonyl (C=O) groups is 1. The standard InChI is InChI=1S/C10H12ClN3O3S/c11-6-1-4-8(12)9(5-6)18(16,17)14-10(15)13-7-2-3-7/h1,4-5,7H,2-3,12H2,(H2,13,14,15). The van der Waals surface area contributed by atoms with Crippen LogP contribution in [0.3, 0.4) is 0 Å². The molecule has 1 fully saturated rings. The zero-order valence-electron chi connectivity index (χ0n) is 9.31. The van der Waals surface area contributed by atoms with Crippen LogP contribution in [0.2, 0.25) is 5.02 Å². The van der Waals surface area contributed by atoms with Crippen molar-refractivity contribution >= 4 is 33.3 Å². The van der Waals surface area contributed by atoms with Gasteiger partial charge in [-0.2, -0.15) is 0 Å². The van der Waals surface area contributed by atoms with Crippen molar-refractivity contribution in [2.24, 2.45) is 0 Å². The number of benzene rings is 1. The van der Waals surface area contributed by atoms with E-state index in [0.717, 1.165) is 12.8 Å². The van der Waals surface area contributed by atoms with Gasteiger partial charge in [-0.1, -0.05) is 11.6 Å². The molecule has 0 spiro atoms. The van der Waals surface area contributed by atoms with E-state index in [0.29, 0.717) is 0 Å². The summed E-state index contributed by atoms with van der Waals surface area (Å²) >= 11 is 5.71. The molecule has 0 saturated heterocycles. The topological polar surface area (TPSA) is 101 Å². The lowest BCUT2D eigenvalue weighted by atomic mass is 10.3. The molecule has 2 amide bonds. The van der Waals surface area contributed by atoms with Gasteiger partial charge >= 0.3 is 6.03 Å². The Balaban J connectivity index is 2.18. The molecule has 0 heterocycles. The normalized spacial score (nSPS) is 15.2. The van der Waals surface area contributed by atoms with Crippen molar-refractivity contribution < 1.29 is 13.2 Å². The van der Waals surface area contributed by atoms with Gasteiger partial charge in [0.05, 0.1) is 5.69 Å². The highest BCUT2D eigenvalue weighted by Crippen LogP contribution is 2.23. The van der Waals surface area contributed by atoms with Gasteiger partial charge in [-0.3, -0.25) is 0 Å². The Hall–Kier alpha value is -1.47. The molecule has 1 aliphatic rings. The average molecular weight is 290 g/mol. The second-order valence-corrected chi connectivity index (χ2v) is 6.12. The van der Waals surface area contributed by atoms with Gasteiger partial charge in [0.2, 0.25) is 0 Å². The number of carbonyl (C=O) groups excluding carboxylic acids is 1. The summed E-state index contributed by atoms with van der Waals surface area (Å²) in [7, 11) is -4.00. The minimum absolute atomic E-state index is 0.0334. The smallest absolute Gasteiger partial charge is 0.328 e. The molecule has 0 bridgehead atoms. The van der Waals surface area contributed by atoms with E-state index in [1.165, 1.54) is 18.2 Å². The van der Waals surface area contributed by atoms with Crippen LogP contribution in [0.4, 0.5) is 10.5 Å². The number of nitrogens with two attached hydrogens (primary N) is 1. The van der Waals surface area contributed by atoms with Crippen molar-refractivity contribution in [3.05, 3.63) is 23.2 Å². The Morgan fingerprint density at radius 3 is 2.67 bits per heavy atom. The number of urea groups is 1. The van der Waals surface area contributed by atoms with E-state index < -0.39 is 16.1 Å². The summed E-state index contributed by atoms with van der Waals surface area (Å²) in [5, 5.41) is 2.74. The highest BCUT2D eigenvalue weighted by atomic mass is 35.5. The Labute approximate surface area is 110 Å². The SMILES string of the molecule is Nc1ccc(Cl)cc1S(=O)(=O)NC(=O)NC1CC1. The van der Waals surface area contributed by atoms with Gasteiger partial charge in [-0.25, -0.2) is 17.9 Å². The van der Waals surface area contributed by atoms with E-state index in [-0.39, 0.29) is 21.6 Å². The number of hydrogen-bond acceptors (Lipinski definition) is 4. The van der Waals surface area contributed by atoms with E-state index in [1.807, 2.05) is 4.72 Å². The van der Waals surface area contributed by atoms with E-state index in [9.17, 15) is 13.2 Å². The third-order valence-electron chi connectivity index (χ3n) is 2.40. The molecule has 98 valence electrons. The van der Waals surface area contributed by atoms with Crippen molar-refractivity contribution in [2.45, 2.75) is 23.8 Å². The van der Waals surface area contributed by atoms with E-state index in [2.05, 4.69) is 5.32 Å². The van der Waals surface area contributed by atoms with Crippen LogP contribution in [0.5, 0.6) is 0 Å². The largest absolute Gasteiger partial charge is 0.398 e. The summed E-state index contributed by atoms with van der Waals surface area (Å²) in [6, 6.07) is 3.35. The van der Waals surface area contributed by atoms with Gasteiger partial charge < -0.3 is 11.1 Å². The molecule has 1 aliphatic carbocycles. The molecule has 1 aromatic carbocycles. The number of halogens is 1. The van der Waals surface area contributed by atoms with Crippen molar-refractivity contribution in [2.75, 3.05) is 5.73 Å². The summed E-state index contributed by atoms with van der Waals surface area (Å²) in [5.74, 6) is 0. The van der Waals surface area contributed by atoms with Gasteiger partial charge in [0.15, 0.2) is 0 Å². The lowest BCUT2D eigenvalue weighted by Gasteiger charge is -2.10. The Morgan fingerprint density at radius 2 is 2.06 bits per heavy atom. The number of sulfonamides is 1. The Morgan fingerprint density at radius 1 is 1.39 bits per heavy atom. The molecule has 6 nitrogen and oxygen atoms in total. The number of amides is 2. The summed E-state index contributed by atoms with van der Waals surface area (Å²) in [4.78, 5) is 11.2. The van der Waals surface area contributed by atoms with Gasteiger partial charge in [-0.05, 0) is 31.0 Å². The fraction of sp³-hybridized carbons (Fsp3) is 0.300. The maximum absolute atomic E-state index is 11.9. The Kier molecular flexibility index (Phi) is 3.36. The van der Waals surface area contributed by atoms with Gasteiger partial charge in [0.25, 0.3) is 10.0 Å². The van der Waals surface area contributed by atoms with Crippen LogP contribution < -0.4 is 15.8 Å². The van der Waals surface area contributed by atoms with Crippen LogP contribution in [0.25, 0.3) is 0 Å². The van der Waals surface area contributed by atoms with Crippen LogP contribution >= 0.6 is 11.6 Å². The van der Waals surface area contributed by atoms with E-state index >= 15 is 0 Å². The molecule has 18 heavy (non-hydrogen) atoms. The minimum atomic E-state index is -4.00. The predicted molar refractivity (Wildman–Crippen MR) is 67.7 cm³/mol. The van der Waals surface area contributed by atoms with Crippen LogP contribution in [0.15, 0.2) is 23.1 Å². The molecule has 1 saturated carbocycles. The van der Waals surface area contributed by atoms with Gasteiger partial charge in [0.1, 0.15) is 4.90 Å². The quantitative estimate of drug-likeness (QED) is 0.725. The first-order chi connectivity index (χ1) is 8.38. The Bertz CT molecular complexity index is 584. The highest BCUT2D eigenvalue weighted by Gasteiger charge is 2.26. The van der Waals surface area contributed by atoms with Crippen molar-refractivity contribution in [3.63, 3.8) is 0 Å². The monoisotopic (exact) mass is 289 g/mol. The van der Waals surface area contributed by atoms with Crippen LogP contribution in [-0.2, 0) is 10.0 Å². The average Bonchev–Trinajstić information content (AvgIpc) is 3.04. The lowest BCUT2D eigenvalue weighted by molar-refractivity contribution is 0.245. The zero-order chi connectivity index (χ0) is 13.3. The summed E-state index contributed by atoms with van der Waals surface area (Å²) in [5.41, 5.74) is 5.59. The highest BCUT2D eigenvalue weighted by molar-refractivity contribution is 7.90. The summed E-state index contributed by atoms with van der Waals surface area (Å²) in [6.45, 7) is 0. The van der Waals surface area contributed by atoms with Crippen molar-refractivity contribution in [1.82, 2.24) is 10.0 Å². The van der Waals surface area contributed by atoms with Crippen LogP contribution in [0.1, 0.15) is 12.8 Å². The third-order valence-corrected chi connectivity index (χ3v) is 4.03. The third kappa shape index (κ3) is 3.05. The molecule has 0 aromatic heterocycles. The first-order valence-corrected chi connectivity index (χ1v) is 7.13. The molecular weight excluding hydrogens is 278 g/mol.